The molecule has 2 rings (SSSR count). The molecule has 0 bridgehead atoms. The highest BCUT2D eigenvalue weighted by atomic mass is 79.9. The summed E-state index contributed by atoms with van der Waals surface area (Å²) in [6.07, 6.45) is 0. The van der Waals surface area contributed by atoms with Gasteiger partial charge < -0.3 is 0 Å². The van der Waals surface area contributed by atoms with E-state index in [1.807, 2.05) is 24.3 Å². The lowest BCUT2D eigenvalue weighted by Gasteiger charge is -2.12. The SMILES string of the molecule is Cc1cc(C(Br)c2ccc(Cl)cc2)ccc1Br. The van der Waals surface area contributed by atoms with Crippen molar-refractivity contribution in [3.05, 3.63) is 68.7 Å². The highest BCUT2D eigenvalue weighted by molar-refractivity contribution is 9.10. The summed E-state index contributed by atoms with van der Waals surface area (Å²) in [5.41, 5.74) is 3.69. The molecule has 2 aromatic carbocycles. The van der Waals surface area contributed by atoms with Crippen LogP contribution in [0.15, 0.2) is 46.9 Å². The molecule has 0 saturated carbocycles. The molecule has 0 aliphatic heterocycles. The third-order valence-corrected chi connectivity index (χ3v) is 4.84. The summed E-state index contributed by atoms with van der Waals surface area (Å²) >= 11 is 13.1. The number of halogens is 3. The Balaban J connectivity index is 2.33. The normalized spacial score (nSPS) is 12.5. The number of benzene rings is 2. The van der Waals surface area contributed by atoms with Gasteiger partial charge in [-0.3, -0.25) is 0 Å². The molecule has 17 heavy (non-hydrogen) atoms. The molecule has 0 N–H and O–H groups in total. The van der Waals surface area contributed by atoms with Crippen molar-refractivity contribution >= 4 is 43.5 Å². The van der Waals surface area contributed by atoms with Crippen LogP contribution in [-0.2, 0) is 0 Å². The molecule has 0 radical (unpaired) electrons. The first-order valence-electron chi connectivity index (χ1n) is 5.23. The summed E-state index contributed by atoms with van der Waals surface area (Å²) in [6.45, 7) is 2.09. The Morgan fingerprint density at radius 1 is 1.00 bits per heavy atom. The van der Waals surface area contributed by atoms with Gasteiger partial charge in [0.05, 0.1) is 4.83 Å². The van der Waals surface area contributed by atoms with Gasteiger partial charge in [0.1, 0.15) is 0 Å². The number of hydrogen-bond acceptors (Lipinski definition) is 0. The molecule has 2 aromatic rings. The zero-order valence-electron chi connectivity index (χ0n) is 9.25. The van der Waals surface area contributed by atoms with Crippen LogP contribution in [-0.4, -0.2) is 0 Å². The van der Waals surface area contributed by atoms with Gasteiger partial charge in [0, 0.05) is 9.50 Å². The third-order valence-electron chi connectivity index (χ3n) is 2.64. The van der Waals surface area contributed by atoms with E-state index in [2.05, 4.69) is 57.0 Å². The largest absolute Gasteiger partial charge is 0.0843 e. The first-order chi connectivity index (χ1) is 8.08. The van der Waals surface area contributed by atoms with E-state index in [1.54, 1.807) is 0 Å². The van der Waals surface area contributed by atoms with E-state index < -0.39 is 0 Å². The van der Waals surface area contributed by atoms with Crippen LogP contribution in [0.5, 0.6) is 0 Å². The van der Waals surface area contributed by atoms with Crippen LogP contribution in [0.4, 0.5) is 0 Å². The molecule has 1 atom stereocenters. The maximum atomic E-state index is 5.89. The van der Waals surface area contributed by atoms with E-state index in [0.29, 0.717) is 0 Å². The van der Waals surface area contributed by atoms with E-state index in [0.717, 1.165) is 9.50 Å². The van der Waals surface area contributed by atoms with Crippen molar-refractivity contribution in [1.82, 2.24) is 0 Å². The highest BCUT2D eigenvalue weighted by Gasteiger charge is 2.10. The zero-order chi connectivity index (χ0) is 12.4. The Morgan fingerprint density at radius 3 is 2.18 bits per heavy atom. The number of aryl methyl sites for hydroxylation is 1. The molecule has 0 aliphatic carbocycles. The van der Waals surface area contributed by atoms with Gasteiger partial charge in [-0.05, 0) is 41.8 Å². The molecule has 3 heteroatoms. The van der Waals surface area contributed by atoms with Crippen molar-refractivity contribution in [3.63, 3.8) is 0 Å². The number of rotatable bonds is 2. The van der Waals surface area contributed by atoms with Crippen LogP contribution in [0.3, 0.4) is 0 Å². The first kappa shape index (κ1) is 13.1. The minimum atomic E-state index is 0.201. The number of hydrogen-bond donors (Lipinski definition) is 0. The second kappa shape index (κ2) is 5.55. The Kier molecular flexibility index (Phi) is 4.29. The average molecular weight is 375 g/mol. The van der Waals surface area contributed by atoms with Gasteiger partial charge in [-0.25, -0.2) is 0 Å². The molecule has 0 amide bonds. The van der Waals surface area contributed by atoms with Crippen molar-refractivity contribution in [2.45, 2.75) is 11.8 Å². The lowest BCUT2D eigenvalue weighted by molar-refractivity contribution is 1.16. The molecule has 0 aliphatic rings. The van der Waals surface area contributed by atoms with Crippen LogP contribution < -0.4 is 0 Å². The van der Waals surface area contributed by atoms with Gasteiger partial charge in [-0.1, -0.05) is 67.7 Å². The minimum Gasteiger partial charge on any atom is -0.0843 e. The van der Waals surface area contributed by atoms with Gasteiger partial charge in [-0.15, -0.1) is 0 Å². The predicted octanol–water partition coefficient (Wildman–Crippen LogP) is 5.90. The van der Waals surface area contributed by atoms with Crippen LogP contribution >= 0.6 is 43.5 Å². The molecule has 88 valence electrons. The van der Waals surface area contributed by atoms with Crippen molar-refractivity contribution in [2.75, 3.05) is 0 Å². The Hall–Kier alpha value is -0.310. The highest BCUT2D eigenvalue weighted by Crippen LogP contribution is 2.33. The molecular formula is C14H11Br2Cl. The molecular weight excluding hydrogens is 363 g/mol. The van der Waals surface area contributed by atoms with Gasteiger partial charge in [0.2, 0.25) is 0 Å². The van der Waals surface area contributed by atoms with Gasteiger partial charge in [0.25, 0.3) is 0 Å². The van der Waals surface area contributed by atoms with E-state index >= 15 is 0 Å². The van der Waals surface area contributed by atoms with E-state index in [-0.39, 0.29) is 4.83 Å². The first-order valence-corrected chi connectivity index (χ1v) is 7.32. The topological polar surface area (TPSA) is 0 Å². The van der Waals surface area contributed by atoms with Crippen molar-refractivity contribution in [3.8, 4) is 0 Å². The molecule has 0 heterocycles. The summed E-state index contributed by atoms with van der Waals surface area (Å²) in [4.78, 5) is 0.201. The lowest BCUT2D eigenvalue weighted by atomic mass is 10.0. The van der Waals surface area contributed by atoms with Crippen LogP contribution in [0.1, 0.15) is 21.5 Å². The molecule has 0 aromatic heterocycles. The maximum absolute atomic E-state index is 5.89. The third kappa shape index (κ3) is 3.12. The molecule has 0 spiro atoms. The fourth-order valence-corrected chi connectivity index (χ4v) is 2.61. The fraction of sp³-hybridized carbons (Fsp3) is 0.143. The van der Waals surface area contributed by atoms with E-state index in [4.69, 9.17) is 11.6 Å². The average Bonchev–Trinajstić information content (AvgIpc) is 2.33. The molecule has 0 fully saturated rings. The van der Waals surface area contributed by atoms with Crippen LogP contribution in [0.2, 0.25) is 5.02 Å². The standard InChI is InChI=1S/C14H11Br2Cl/c1-9-8-11(4-7-13(9)15)14(16)10-2-5-12(17)6-3-10/h2-8,14H,1H3. The van der Waals surface area contributed by atoms with Gasteiger partial charge in [-0.2, -0.15) is 0 Å². The lowest BCUT2D eigenvalue weighted by Crippen LogP contribution is -1.93. The predicted molar refractivity (Wildman–Crippen MR) is 81.1 cm³/mol. The second-order valence-electron chi connectivity index (χ2n) is 3.92. The van der Waals surface area contributed by atoms with Crippen LogP contribution in [0.25, 0.3) is 0 Å². The summed E-state index contributed by atoms with van der Waals surface area (Å²) in [6, 6.07) is 14.3. The minimum absolute atomic E-state index is 0.201. The quantitative estimate of drug-likeness (QED) is 0.575. The second-order valence-corrected chi connectivity index (χ2v) is 6.13. The van der Waals surface area contributed by atoms with Crippen molar-refractivity contribution in [1.29, 1.82) is 0 Å². The Bertz CT molecular complexity index is 520. The summed E-state index contributed by atoms with van der Waals surface area (Å²) in [5.74, 6) is 0. The summed E-state index contributed by atoms with van der Waals surface area (Å²) in [5, 5.41) is 0.764. The van der Waals surface area contributed by atoms with Gasteiger partial charge in [0.15, 0.2) is 0 Å². The Morgan fingerprint density at radius 2 is 1.59 bits per heavy atom. The summed E-state index contributed by atoms with van der Waals surface area (Å²) in [7, 11) is 0. The zero-order valence-corrected chi connectivity index (χ0v) is 13.2. The monoisotopic (exact) mass is 372 g/mol. The summed E-state index contributed by atoms with van der Waals surface area (Å²) < 4.78 is 1.14. The number of alkyl halides is 1. The smallest absolute Gasteiger partial charge is 0.0644 e. The molecule has 0 saturated heterocycles. The van der Waals surface area contributed by atoms with Crippen molar-refractivity contribution in [2.24, 2.45) is 0 Å². The van der Waals surface area contributed by atoms with E-state index in [1.165, 1.54) is 16.7 Å². The maximum Gasteiger partial charge on any atom is 0.0644 e. The molecule has 0 nitrogen and oxygen atoms in total. The van der Waals surface area contributed by atoms with Gasteiger partial charge >= 0.3 is 0 Å². The Labute approximate surface area is 123 Å². The van der Waals surface area contributed by atoms with E-state index in [9.17, 15) is 0 Å². The fourth-order valence-electron chi connectivity index (χ4n) is 1.65. The van der Waals surface area contributed by atoms with Crippen molar-refractivity contribution < 1.29 is 0 Å². The molecule has 1 unspecified atom stereocenters. The van der Waals surface area contributed by atoms with Crippen LogP contribution in [0, 0.1) is 6.92 Å².